The van der Waals surface area contributed by atoms with E-state index in [1.807, 2.05) is 23.1 Å². The molecule has 0 spiro atoms. The maximum atomic E-state index is 13.1. The van der Waals surface area contributed by atoms with E-state index in [-0.39, 0.29) is 12.1 Å². The van der Waals surface area contributed by atoms with Gasteiger partial charge >= 0.3 is 6.03 Å². The molecule has 1 N–H and O–H groups in total. The van der Waals surface area contributed by atoms with Crippen LogP contribution in [0, 0.1) is 0 Å². The van der Waals surface area contributed by atoms with Gasteiger partial charge in [-0.1, -0.05) is 43.2 Å². The molecule has 0 bridgehead atoms. The number of nitrogens with zero attached hydrogens (tertiary/aromatic N) is 1. The number of ether oxygens (including phenoxy) is 2. The Hall–Kier alpha value is -2.27. The predicted molar refractivity (Wildman–Crippen MR) is 106 cm³/mol. The van der Waals surface area contributed by atoms with Gasteiger partial charge in [0.2, 0.25) is 0 Å². The molecule has 27 heavy (non-hydrogen) atoms. The zero-order valence-corrected chi connectivity index (χ0v) is 15.9. The molecule has 0 aromatic heterocycles. The van der Waals surface area contributed by atoms with Gasteiger partial charge in [-0.05, 0) is 36.3 Å². The largest absolute Gasteiger partial charge is 0.496 e. The van der Waals surface area contributed by atoms with Gasteiger partial charge in [-0.3, -0.25) is 0 Å². The van der Waals surface area contributed by atoms with Crippen LogP contribution in [0.2, 0.25) is 0 Å². The van der Waals surface area contributed by atoms with E-state index in [2.05, 4.69) is 23.5 Å². The Labute approximate surface area is 160 Å². The maximum absolute atomic E-state index is 13.1. The smallest absolute Gasteiger partial charge is 0.318 e. The summed E-state index contributed by atoms with van der Waals surface area (Å²) >= 11 is 0. The number of amides is 2. The molecule has 0 radical (unpaired) electrons. The lowest BCUT2D eigenvalue weighted by Gasteiger charge is -2.31. The molecular formula is C22H28N2O3. The van der Waals surface area contributed by atoms with Crippen molar-refractivity contribution in [2.45, 2.75) is 50.7 Å². The summed E-state index contributed by atoms with van der Waals surface area (Å²) < 4.78 is 10.9. The lowest BCUT2D eigenvalue weighted by atomic mass is 10.0. The normalized spacial score (nSPS) is 20.1. The minimum Gasteiger partial charge on any atom is -0.496 e. The molecule has 2 aromatic carbocycles. The van der Waals surface area contributed by atoms with Gasteiger partial charge < -0.3 is 19.7 Å². The summed E-state index contributed by atoms with van der Waals surface area (Å²) in [5, 5.41) is 5.43. The summed E-state index contributed by atoms with van der Waals surface area (Å²) in [7, 11) is 1.70. The van der Waals surface area contributed by atoms with Crippen LogP contribution in [0.4, 0.5) is 4.79 Å². The highest BCUT2D eigenvalue weighted by Crippen LogP contribution is 2.31. The SMILES string of the molecule is COc1ccc(CN(C(=O)N[C@@H]2CCOC2)C2CCCC2)c2ccccc12. The first kappa shape index (κ1) is 18.1. The first-order valence-electron chi connectivity index (χ1n) is 9.96. The second kappa shape index (κ2) is 8.17. The third-order valence-corrected chi connectivity index (χ3v) is 5.82. The number of hydrogen-bond donors (Lipinski definition) is 1. The summed E-state index contributed by atoms with van der Waals surface area (Å²) in [5.41, 5.74) is 1.16. The van der Waals surface area contributed by atoms with E-state index in [0.717, 1.165) is 48.0 Å². The van der Waals surface area contributed by atoms with Crippen molar-refractivity contribution in [1.82, 2.24) is 10.2 Å². The molecule has 1 aliphatic heterocycles. The molecule has 1 aliphatic carbocycles. The number of fused-ring (bicyclic) bond motifs is 1. The van der Waals surface area contributed by atoms with Crippen LogP contribution in [0.5, 0.6) is 5.75 Å². The molecule has 0 unspecified atom stereocenters. The second-order valence-corrected chi connectivity index (χ2v) is 7.55. The standard InChI is InChI=1S/C22H28N2O3/c1-26-21-11-10-16(19-8-4-5-9-20(19)21)14-24(18-6-2-3-7-18)22(25)23-17-12-13-27-15-17/h4-5,8-11,17-18H,2-3,6-7,12-15H2,1H3,(H,23,25)/t17-/m1/s1. The van der Waals surface area contributed by atoms with E-state index >= 15 is 0 Å². The van der Waals surface area contributed by atoms with Crippen LogP contribution >= 0.6 is 0 Å². The average Bonchev–Trinajstić information content (AvgIpc) is 3.40. The number of nitrogens with one attached hydrogen (secondary N) is 1. The van der Waals surface area contributed by atoms with Crippen molar-refractivity contribution < 1.29 is 14.3 Å². The van der Waals surface area contributed by atoms with Crippen LogP contribution in [0.1, 0.15) is 37.7 Å². The predicted octanol–water partition coefficient (Wildman–Crippen LogP) is 4.09. The van der Waals surface area contributed by atoms with E-state index in [4.69, 9.17) is 9.47 Å². The quantitative estimate of drug-likeness (QED) is 0.865. The fourth-order valence-corrected chi connectivity index (χ4v) is 4.32. The minimum absolute atomic E-state index is 0.0392. The number of carbonyl (C=O) groups is 1. The van der Waals surface area contributed by atoms with E-state index in [0.29, 0.717) is 19.2 Å². The highest BCUT2D eigenvalue weighted by atomic mass is 16.5. The van der Waals surface area contributed by atoms with E-state index in [1.54, 1.807) is 7.11 Å². The van der Waals surface area contributed by atoms with Crippen molar-refractivity contribution in [2.24, 2.45) is 0 Å². The van der Waals surface area contributed by atoms with E-state index in [1.165, 1.54) is 12.8 Å². The molecule has 1 atom stereocenters. The Morgan fingerprint density at radius 3 is 2.63 bits per heavy atom. The molecule has 2 aliphatic rings. The number of hydrogen-bond acceptors (Lipinski definition) is 3. The summed E-state index contributed by atoms with van der Waals surface area (Å²) in [6, 6.07) is 12.8. The lowest BCUT2D eigenvalue weighted by molar-refractivity contribution is 0.161. The van der Waals surface area contributed by atoms with Crippen molar-refractivity contribution in [3.8, 4) is 5.75 Å². The summed E-state index contributed by atoms with van der Waals surface area (Å²) in [5.74, 6) is 0.870. The van der Waals surface area contributed by atoms with Gasteiger partial charge in [0.15, 0.2) is 0 Å². The first-order chi connectivity index (χ1) is 13.3. The Balaban J connectivity index is 1.61. The fraction of sp³-hybridized carbons (Fsp3) is 0.500. The van der Waals surface area contributed by atoms with Gasteiger partial charge in [0.25, 0.3) is 0 Å². The summed E-state index contributed by atoms with van der Waals surface area (Å²) in [6.45, 7) is 1.97. The number of urea groups is 1. The van der Waals surface area contributed by atoms with E-state index in [9.17, 15) is 4.79 Å². The maximum Gasteiger partial charge on any atom is 0.318 e. The summed E-state index contributed by atoms with van der Waals surface area (Å²) in [6.07, 6.45) is 5.47. The van der Waals surface area contributed by atoms with Crippen LogP contribution in [0.3, 0.4) is 0 Å². The van der Waals surface area contributed by atoms with Gasteiger partial charge in [0, 0.05) is 24.6 Å². The second-order valence-electron chi connectivity index (χ2n) is 7.55. The molecule has 1 heterocycles. The molecule has 2 fully saturated rings. The number of rotatable bonds is 5. The van der Waals surface area contributed by atoms with Crippen molar-refractivity contribution in [3.05, 3.63) is 42.0 Å². The Bertz CT molecular complexity index is 795. The molecule has 2 aromatic rings. The number of carbonyl (C=O) groups excluding carboxylic acids is 1. The molecule has 1 saturated heterocycles. The van der Waals surface area contributed by atoms with Gasteiger partial charge in [-0.2, -0.15) is 0 Å². The highest BCUT2D eigenvalue weighted by Gasteiger charge is 2.29. The molecule has 5 heteroatoms. The van der Waals surface area contributed by atoms with Gasteiger partial charge in [0.05, 0.1) is 19.8 Å². The number of benzene rings is 2. The van der Waals surface area contributed by atoms with Crippen molar-refractivity contribution in [1.29, 1.82) is 0 Å². The van der Waals surface area contributed by atoms with Crippen LogP contribution in [-0.2, 0) is 11.3 Å². The van der Waals surface area contributed by atoms with Crippen molar-refractivity contribution in [3.63, 3.8) is 0 Å². The lowest BCUT2D eigenvalue weighted by Crippen LogP contribution is -2.48. The molecule has 1 saturated carbocycles. The zero-order chi connectivity index (χ0) is 18.6. The minimum atomic E-state index is 0.0392. The summed E-state index contributed by atoms with van der Waals surface area (Å²) in [4.78, 5) is 15.1. The van der Waals surface area contributed by atoms with Crippen LogP contribution < -0.4 is 10.1 Å². The van der Waals surface area contributed by atoms with Crippen LogP contribution in [0.15, 0.2) is 36.4 Å². The van der Waals surface area contributed by atoms with Crippen LogP contribution in [-0.4, -0.2) is 43.3 Å². The Morgan fingerprint density at radius 1 is 1.15 bits per heavy atom. The van der Waals surface area contributed by atoms with Crippen LogP contribution in [0.25, 0.3) is 10.8 Å². The number of methoxy groups -OCH3 is 1. The first-order valence-corrected chi connectivity index (χ1v) is 9.96. The fourth-order valence-electron chi connectivity index (χ4n) is 4.32. The topological polar surface area (TPSA) is 50.8 Å². The average molecular weight is 368 g/mol. The molecule has 144 valence electrons. The van der Waals surface area contributed by atoms with Crippen molar-refractivity contribution in [2.75, 3.05) is 20.3 Å². The van der Waals surface area contributed by atoms with E-state index < -0.39 is 0 Å². The Morgan fingerprint density at radius 2 is 1.93 bits per heavy atom. The zero-order valence-electron chi connectivity index (χ0n) is 15.9. The molecule has 4 rings (SSSR count). The van der Waals surface area contributed by atoms with Gasteiger partial charge in [0.1, 0.15) is 5.75 Å². The third-order valence-electron chi connectivity index (χ3n) is 5.82. The van der Waals surface area contributed by atoms with Gasteiger partial charge in [-0.25, -0.2) is 4.79 Å². The third kappa shape index (κ3) is 3.88. The monoisotopic (exact) mass is 368 g/mol. The van der Waals surface area contributed by atoms with Gasteiger partial charge in [-0.15, -0.1) is 0 Å². The Kier molecular flexibility index (Phi) is 5.48. The van der Waals surface area contributed by atoms with Crippen molar-refractivity contribution >= 4 is 16.8 Å². The molecular weight excluding hydrogens is 340 g/mol. The molecule has 2 amide bonds. The molecule has 5 nitrogen and oxygen atoms in total. The highest BCUT2D eigenvalue weighted by molar-refractivity contribution is 5.91.